The van der Waals surface area contributed by atoms with Gasteiger partial charge in [-0.25, -0.2) is 4.98 Å². The molecule has 0 spiro atoms. The fraction of sp³-hybridized carbons (Fsp3) is 0.118. The van der Waals surface area contributed by atoms with E-state index < -0.39 is 0 Å². The van der Waals surface area contributed by atoms with Crippen LogP contribution < -0.4 is 5.32 Å². The number of nitrogens with zero attached hydrogens (tertiary/aromatic N) is 1. The molecule has 3 rings (SSSR count). The van der Waals surface area contributed by atoms with Crippen LogP contribution in [-0.4, -0.2) is 4.98 Å². The van der Waals surface area contributed by atoms with Gasteiger partial charge in [-0.05, 0) is 57.4 Å². The molecule has 1 atom stereocenters. The first-order chi connectivity index (χ1) is 9.74. The van der Waals surface area contributed by atoms with Crippen LogP contribution in [-0.2, 0) is 0 Å². The van der Waals surface area contributed by atoms with Crippen LogP contribution >= 0.6 is 15.9 Å². The lowest BCUT2D eigenvalue weighted by molar-refractivity contribution is 0.883. The van der Waals surface area contributed by atoms with Gasteiger partial charge in [-0.15, -0.1) is 0 Å². The topological polar surface area (TPSA) is 24.9 Å². The maximum absolute atomic E-state index is 4.23. The van der Waals surface area contributed by atoms with Crippen molar-refractivity contribution in [2.75, 3.05) is 5.32 Å². The molecule has 1 N–H and O–H groups in total. The number of benzene rings is 2. The monoisotopic (exact) mass is 326 g/mol. The fourth-order valence-electron chi connectivity index (χ4n) is 2.29. The highest BCUT2D eigenvalue weighted by atomic mass is 79.9. The average molecular weight is 327 g/mol. The van der Waals surface area contributed by atoms with Crippen molar-refractivity contribution in [2.45, 2.75) is 13.0 Å². The second-order valence-corrected chi connectivity index (χ2v) is 5.57. The van der Waals surface area contributed by atoms with Gasteiger partial charge in [0.2, 0.25) is 0 Å². The molecule has 1 heterocycles. The molecule has 0 amide bonds. The highest BCUT2D eigenvalue weighted by molar-refractivity contribution is 9.10. The lowest BCUT2D eigenvalue weighted by Gasteiger charge is -2.17. The lowest BCUT2D eigenvalue weighted by atomic mass is 10.0. The molecule has 0 fully saturated rings. The number of aromatic nitrogens is 1. The predicted molar refractivity (Wildman–Crippen MR) is 87.9 cm³/mol. The molecule has 3 heteroatoms. The molecule has 0 aliphatic rings. The number of pyridine rings is 1. The number of halogens is 1. The van der Waals surface area contributed by atoms with E-state index in [1.165, 1.54) is 16.3 Å². The highest BCUT2D eigenvalue weighted by Gasteiger charge is 2.08. The van der Waals surface area contributed by atoms with Gasteiger partial charge in [0.25, 0.3) is 0 Å². The fourth-order valence-corrected chi connectivity index (χ4v) is 2.65. The smallest absolute Gasteiger partial charge is 0.129 e. The molecule has 0 radical (unpaired) electrons. The maximum Gasteiger partial charge on any atom is 0.129 e. The standard InChI is InChI=1S/C17H15BrN2/c1-12(20-16-7-4-10-19-17(16)18)14-9-8-13-5-2-3-6-15(13)11-14/h2-12,20H,1H3. The molecule has 0 saturated heterocycles. The first-order valence-corrected chi connectivity index (χ1v) is 7.39. The molecule has 20 heavy (non-hydrogen) atoms. The minimum absolute atomic E-state index is 0.222. The van der Waals surface area contributed by atoms with Crippen LogP contribution in [0, 0.1) is 0 Å². The Morgan fingerprint density at radius 1 is 1.00 bits per heavy atom. The summed E-state index contributed by atoms with van der Waals surface area (Å²) in [5, 5.41) is 6.02. The van der Waals surface area contributed by atoms with Crippen molar-refractivity contribution >= 4 is 32.4 Å². The Morgan fingerprint density at radius 2 is 1.80 bits per heavy atom. The summed E-state index contributed by atoms with van der Waals surface area (Å²) >= 11 is 3.46. The first kappa shape index (κ1) is 13.1. The Bertz CT molecular complexity index is 740. The van der Waals surface area contributed by atoms with E-state index in [9.17, 15) is 0 Å². The molecule has 2 nitrogen and oxygen atoms in total. The van der Waals surface area contributed by atoms with Gasteiger partial charge < -0.3 is 5.32 Å². The Balaban J connectivity index is 1.89. The molecule has 0 aliphatic carbocycles. The van der Waals surface area contributed by atoms with Crippen LogP contribution in [0.5, 0.6) is 0 Å². The number of nitrogens with one attached hydrogen (secondary N) is 1. The van der Waals surface area contributed by atoms with Crippen molar-refractivity contribution in [2.24, 2.45) is 0 Å². The van der Waals surface area contributed by atoms with E-state index in [-0.39, 0.29) is 6.04 Å². The summed E-state index contributed by atoms with van der Waals surface area (Å²) in [7, 11) is 0. The molecule has 0 bridgehead atoms. The number of hydrogen-bond donors (Lipinski definition) is 1. The van der Waals surface area contributed by atoms with E-state index in [0.717, 1.165) is 10.3 Å². The van der Waals surface area contributed by atoms with Crippen molar-refractivity contribution in [3.63, 3.8) is 0 Å². The Labute approximate surface area is 127 Å². The quantitative estimate of drug-likeness (QED) is 0.671. The summed E-state index contributed by atoms with van der Waals surface area (Å²) < 4.78 is 0.840. The van der Waals surface area contributed by atoms with Crippen LogP contribution in [0.25, 0.3) is 10.8 Å². The van der Waals surface area contributed by atoms with Gasteiger partial charge in [-0.1, -0.05) is 36.4 Å². The van der Waals surface area contributed by atoms with Crippen LogP contribution in [0.3, 0.4) is 0 Å². The minimum Gasteiger partial charge on any atom is -0.376 e. The number of anilines is 1. The zero-order valence-corrected chi connectivity index (χ0v) is 12.8. The summed E-state index contributed by atoms with van der Waals surface area (Å²) in [5.74, 6) is 0. The Kier molecular flexibility index (Phi) is 3.70. The number of rotatable bonds is 3. The predicted octanol–water partition coefficient (Wildman–Crippen LogP) is 5.17. The van der Waals surface area contributed by atoms with Crippen LogP contribution in [0.4, 0.5) is 5.69 Å². The van der Waals surface area contributed by atoms with Gasteiger partial charge >= 0.3 is 0 Å². The molecule has 1 aromatic heterocycles. The summed E-state index contributed by atoms with van der Waals surface area (Å²) in [5.41, 5.74) is 2.27. The third-order valence-electron chi connectivity index (χ3n) is 3.40. The molecule has 0 saturated carbocycles. The first-order valence-electron chi connectivity index (χ1n) is 6.60. The third kappa shape index (κ3) is 2.68. The van der Waals surface area contributed by atoms with E-state index in [2.05, 4.69) is 75.6 Å². The van der Waals surface area contributed by atoms with E-state index >= 15 is 0 Å². The zero-order chi connectivity index (χ0) is 13.9. The summed E-state index contributed by atoms with van der Waals surface area (Å²) in [6, 6.07) is 19.2. The molecular weight excluding hydrogens is 312 g/mol. The SMILES string of the molecule is CC(Nc1cccnc1Br)c1ccc2ccccc2c1. The van der Waals surface area contributed by atoms with Gasteiger partial charge in [-0.2, -0.15) is 0 Å². The Hall–Kier alpha value is -1.87. The summed E-state index contributed by atoms with van der Waals surface area (Å²) in [6.07, 6.45) is 1.77. The Morgan fingerprint density at radius 3 is 2.60 bits per heavy atom. The largest absolute Gasteiger partial charge is 0.376 e. The normalized spacial score (nSPS) is 12.3. The molecule has 100 valence electrons. The van der Waals surface area contributed by atoms with Gasteiger partial charge in [-0.3, -0.25) is 0 Å². The zero-order valence-electron chi connectivity index (χ0n) is 11.2. The van der Waals surface area contributed by atoms with E-state index in [1.54, 1.807) is 6.20 Å². The van der Waals surface area contributed by atoms with Crippen LogP contribution in [0.1, 0.15) is 18.5 Å². The molecule has 3 aromatic rings. The van der Waals surface area contributed by atoms with E-state index in [1.807, 2.05) is 12.1 Å². The number of fused-ring (bicyclic) bond motifs is 1. The highest BCUT2D eigenvalue weighted by Crippen LogP contribution is 2.26. The van der Waals surface area contributed by atoms with Gasteiger partial charge in [0.15, 0.2) is 0 Å². The van der Waals surface area contributed by atoms with E-state index in [4.69, 9.17) is 0 Å². The maximum atomic E-state index is 4.23. The van der Waals surface area contributed by atoms with Crippen molar-refractivity contribution in [3.8, 4) is 0 Å². The molecule has 1 unspecified atom stereocenters. The van der Waals surface area contributed by atoms with Gasteiger partial charge in [0.1, 0.15) is 4.60 Å². The second kappa shape index (κ2) is 5.63. The molecular formula is C17H15BrN2. The molecule has 0 aliphatic heterocycles. The van der Waals surface area contributed by atoms with Crippen molar-refractivity contribution in [1.29, 1.82) is 0 Å². The third-order valence-corrected chi connectivity index (χ3v) is 4.04. The van der Waals surface area contributed by atoms with Crippen molar-refractivity contribution < 1.29 is 0 Å². The van der Waals surface area contributed by atoms with Gasteiger partial charge in [0, 0.05) is 12.2 Å². The van der Waals surface area contributed by atoms with Gasteiger partial charge in [0.05, 0.1) is 5.69 Å². The second-order valence-electron chi connectivity index (χ2n) is 4.81. The summed E-state index contributed by atoms with van der Waals surface area (Å²) in [6.45, 7) is 2.16. The van der Waals surface area contributed by atoms with Crippen LogP contribution in [0.15, 0.2) is 65.4 Å². The minimum atomic E-state index is 0.222. The lowest BCUT2D eigenvalue weighted by Crippen LogP contribution is -2.07. The van der Waals surface area contributed by atoms with E-state index in [0.29, 0.717) is 0 Å². The van der Waals surface area contributed by atoms with Crippen LogP contribution in [0.2, 0.25) is 0 Å². The average Bonchev–Trinajstić information content (AvgIpc) is 2.49. The van der Waals surface area contributed by atoms with Crippen molar-refractivity contribution in [3.05, 3.63) is 71.0 Å². The summed E-state index contributed by atoms with van der Waals surface area (Å²) in [4.78, 5) is 4.23. The van der Waals surface area contributed by atoms with Crippen molar-refractivity contribution in [1.82, 2.24) is 4.98 Å². The number of hydrogen-bond acceptors (Lipinski definition) is 2. The molecule has 2 aromatic carbocycles.